The fourth-order valence-corrected chi connectivity index (χ4v) is 2.85. The number of nitrogens with zero attached hydrogens (tertiary/aromatic N) is 3. The summed E-state index contributed by atoms with van der Waals surface area (Å²) < 4.78 is 7.69. The average Bonchev–Trinajstić information content (AvgIpc) is 3.15. The van der Waals surface area contributed by atoms with Crippen LogP contribution in [-0.2, 0) is 13.1 Å². The number of aliphatic hydroxyl groups excluding tert-OH is 1. The molecule has 128 valence electrons. The number of aryl methyl sites for hydroxylation is 1. The fourth-order valence-electron chi connectivity index (χ4n) is 2.85. The highest BCUT2D eigenvalue weighted by Crippen LogP contribution is 2.21. The van der Waals surface area contributed by atoms with Gasteiger partial charge in [-0.3, -0.25) is 9.58 Å². The summed E-state index contributed by atoms with van der Waals surface area (Å²) in [6, 6.07) is 6.22. The SMILES string of the molecule is CCn1cc(CN2C[C@@H](O)[C@H](Oc3ccc(C(=O)O)cc3)C2)cn1. The highest BCUT2D eigenvalue weighted by atomic mass is 16.5. The molecule has 2 aromatic rings. The van der Waals surface area contributed by atoms with E-state index in [2.05, 4.69) is 10.00 Å². The Balaban J connectivity index is 1.58. The summed E-state index contributed by atoms with van der Waals surface area (Å²) in [7, 11) is 0. The van der Waals surface area contributed by atoms with Crippen molar-refractivity contribution < 1.29 is 19.7 Å². The number of hydrogen-bond acceptors (Lipinski definition) is 5. The van der Waals surface area contributed by atoms with E-state index < -0.39 is 12.1 Å². The standard InChI is InChI=1S/C17H21N3O4/c1-2-20-9-12(7-18-20)8-19-10-15(21)16(11-19)24-14-5-3-13(4-6-14)17(22)23/h3-7,9,15-16,21H,2,8,10-11H2,1H3,(H,22,23)/t15-,16-/m1/s1. The average molecular weight is 331 g/mol. The van der Waals surface area contributed by atoms with Crippen molar-refractivity contribution in [1.29, 1.82) is 0 Å². The predicted molar refractivity (Wildman–Crippen MR) is 87.0 cm³/mol. The van der Waals surface area contributed by atoms with Crippen molar-refractivity contribution in [2.45, 2.75) is 32.2 Å². The van der Waals surface area contributed by atoms with Crippen molar-refractivity contribution in [2.75, 3.05) is 13.1 Å². The molecule has 1 aliphatic heterocycles. The quantitative estimate of drug-likeness (QED) is 0.828. The summed E-state index contributed by atoms with van der Waals surface area (Å²) in [5, 5.41) is 23.4. The van der Waals surface area contributed by atoms with Gasteiger partial charge in [-0.15, -0.1) is 0 Å². The largest absolute Gasteiger partial charge is 0.486 e. The Kier molecular flexibility index (Phi) is 4.82. The summed E-state index contributed by atoms with van der Waals surface area (Å²) in [4.78, 5) is 13.0. The van der Waals surface area contributed by atoms with Crippen LogP contribution in [0.5, 0.6) is 5.75 Å². The number of β-amino-alcohol motifs (C(OH)–C–C–N with tert-alkyl or cyclic N) is 1. The smallest absolute Gasteiger partial charge is 0.335 e. The van der Waals surface area contributed by atoms with Crippen molar-refractivity contribution in [3.05, 3.63) is 47.8 Å². The van der Waals surface area contributed by atoms with E-state index in [4.69, 9.17) is 9.84 Å². The second-order valence-corrected chi connectivity index (χ2v) is 5.95. The second-order valence-electron chi connectivity index (χ2n) is 5.95. The molecular formula is C17H21N3O4. The van der Waals surface area contributed by atoms with Crippen LogP contribution in [0, 0.1) is 0 Å². The molecule has 0 aliphatic carbocycles. The van der Waals surface area contributed by atoms with Gasteiger partial charge in [-0.25, -0.2) is 4.79 Å². The molecular weight excluding hydrogens is 310 g/mol. The van der Waals surface area contributed by atoms with Gasteiger partial charge in [0.15, 0.2) is 0 Å². The van der Waals surface area contributed by atoms with Crippen molar-refractivity contribution in [3.63, 3.8) is 0 Å². The van der Waals surface area contributed by atoms with Crippen LogP contribution in [0.15, 0.2) is 36.7 Å². The Bertz CT molecular complexity index is 698. The van der Waals surface area contributed by atoms with Crippen molar-refractivity contribution in [1.82, 2.24) is 14.7 Å². The lowest BCUT2D eigenvalue weighted by Gasteiger charge is -2.17. The molecule has 1 aliphatic rings. The normalized spacial score (nSPS) is 21.1. The Morgan fingerprint density at radius 2 is 2.08 bits per heavy atom. The van der Waals surface area contributed by atoms with Gasteiger partial charge in [-0.1, -0.05) is 0 Å². The van der Waals surface area contributed by atoms with Crippen LogP contribution in [0.4, 0.5) is 0 Å². The lowest BCUT2D eigenvalue weighted by molar-refractivity contribution is 0.0693. The Morgan fingerprint density at radius 1 is 1.33 bits per heavy atom. The number of aliphatic hydroxyl groups is 1. The van der Waals surface area contributed by atoms with E-state index in [1.54, 1.807) is 12.1 Å². The lowest BCUT2D eigenvalue weighted by Crippen LogP contribution is -2.29. The summed E-state index contributed by atoms with van der Waals surface area (Å²) in [6.07, 6.45) is 2.94. The molecule has 1 aromatic carbocycles. The van der Waals surface area contributed by atoms with Gasteiger partial charge in [0.05, 0.1) is 11.8 Å². The number of rotatable bonds is 6. The Labute approximate surface area is 140 Å². The number of ether oxygens (including phenoxy) is 1. The third kappa shape index (κ3) is 3.74. The van der Waals surface area contributed by atoms with Crippen LogP contribution < -0.4 is 4.74 Å². The lowest BCUT2D eigenvalue weighted by atomic mass is 10.2. The molecule has 0 bridgehead atoms. The molecule has 2 atom stereocenters. The van der Waals surface area contributed by atoms with E-state index in [1.807, 2.05) is 24.0 Å². The number of likely N-dealkylation sites (tertiary alicyclic amines) is 1. The minimum atomic E-state index is -0.971. The van der Waals surface area contributed by atoms with Crippen LogP contribution in [-0.4, -0.2) is 56.2 Å². The van der Waals surface area contributed by atoms with Crippen molar-refractivity contribution >= 4 is 5.97 Å². The van der Waals surface area contributed by atoms with Crippen LogP contribution >= 0.6 is 0 Å². The van der Waals surface area contributed by atoms with Gasteiger partial charge in [0.25, 0.3) is 0 Å². The van der Waals surface area contributed by atoms with Gasteiger partial charge in [0, 0.05) is 37.9 Å². The highest BCUT2D eigenvalue weighted by Gasteiger charge is 2.33. The number of hydrogen-bond donors (Lipinski definition) is 2. The topological polar surface area (TPSA) is 87.8 Å². The number of carboxylic acids is 1. The summed E-state index contributed by atoms with van der Waals surface area (Å²) in [5.41, 5.74) is 1.32. The zero-order valence-electron chi connectivity index (χ0n) is 13.5. The molecule has 3 rings (SSSR count). The van der Waals surface area contributed by atoms with Gasteiger partial charge in [-0.2, -0.15) is 5.10 Å². The predicted octanol–water partition coefficient (Wildman–Crippen LogP) is 1.23. The molecule has 24 heavy (non-hydrogen) atoms. The number of aromatic nitrogens is 2. The molecule has 0 saturated carbocycles. The van der Waals surface area contributed by atoms with E-state index in [0.29, 0.717) is 18.8 Å². The van der Waals surface area contributed by atoms with Gasteiger partial charge in [0.1, 0.15) is 18.0 Å². The van der Waals surface area contributed by atoms with Gasteiger partial charge in [0.2, 0.25) is 0 Å². The van der Waals surface area contributed by atoms with Crippen molar-refractivity contribution in [2.24, 2.45) is 0 Å². The maximum absolute atomic E-state index is 10.9. The minimum absolute atomic E-state index is 0.212. The number of carbonyl (C=O) groups is 1. The Hall–Kier alpha value is -2.38. The van der Waals surface area contributed by atoms with Crippen molar-refractivity contribution in [3.8, 4) is 5.75 Å². The molecule has 2 heterocycles. The summed E-state index contributed by atoms with van der Waals surface area (Å²) in [6.45, 7) is 4.74. The first-order valence-electron chi connectivity index (χ1n) is 7.97. The van der Waals surface area contributed by atoms with E-state index in [0.717, 1.165) is 18.7 Å². The molecule has 0 amide bonds. The Morgan fingerprint density at radius 3 is 2.71 bits per heavy atom. The van der Waals surface area contributed by atoms with Crippen LogP contribution in [0.1, 0.15) is 22.8 Å². The fraction of sp³-hybridized carbons (Fsp3) is 0.412. The number of aromatic carboxylic acids is 1. The highest BCUT2D eigenvalue weighted by molar-refractivity contribution is 5.87. The van der Waals surface area contributed by atoms with Gasteiger partial charge >= 0.3 is 5.97 Å². The summed E-state index contributed by atoms with van der Waals surface area (Å²) in [5.74, 6) is -0.411. The molecule has 7 heteroatoms. The minimum Gasteiger partial charge on any atom is -0.486 e. The van der Waals surface area contributed by atoms with E-state index >= 15 is 0 Å². The van der Waals surface area contributed by atoms with Gasteiger partial charge < -0.3 is 14.9 Å². The summed E-state index contributed by atoms with van der Waals surface area (Å²) >= 11 is 0. The molecule has 1 aromatic heterocycles. The van der Waals surface area contributed by atoms with Crippen LogP contribution in [0.25, 0.3) is 0 Å². The number of benzene rings is 1. The number of carboxylic acid groups (broad SMARTS) is 1. The molecule has 0 radical (unpaired) electrons. The third-order valence-corrected chi connectivity index (χ3v) is 4.12. The maximum Gasteiger partial charge on any atom is 0.335 e. The first kappa shape index (κ1) is 16.5. The zero-order chi connectivity index (χ0) is 17.1. The second kappa shape index (κ2) is 7.02. The van der Waals surface area contributed by atoms with Crippen LogP contribution in [0.2, 0.25) is 0 Å². The van der Waals surface area contributed by atoms with Crippen LogP contribution in [0.3, 0.4) is 0 Å². The van der Waals surface area contributed by atoms with E-state index in [1.165, 1.54) is 12.1 Å². The molecule has 1 saturated heterocycles. The molecule has 0 spiro atoms. The molecule has 7 nitrogen and oxygen atoms in total. The zero-order valence-corrected chi connectivity index (χ0v) is 13.5. The molecule has 1 fully saturated rings. The van der Waals surface area contributed by atoms with E-state index in [-0.39, 0.29) is 11.7 Å². The third-order valence-electron chi connectivity index (χ3n) is 4.12. The van der Waals surface area contributed by atoms with Gasteiger partial charge in [-0.05, 0) is 31.2 Å². The maximum atomic E-state index is 10.9. The molecule has 0 unspecified atom stereocenters. The van der Waals surface area contributed by atoms with E-state index in [9.17, 15) is 9.90 Å². The first-order chi connectivity index (χ1) is 11.5. The molecule has 2 N–H and O–H groups in total. The monoisotopic (exact) mass is 331 g/mol. The first-order valence-corrected chi connectivity index (χ1v) is 7.97.